The highest BCUT2D eigenvalue weighted by Gasteiger charge is 2.25. The SMILES string of the molecule is CC(=O)N1CCN(c2ccc(-c3cc(-c4cnn(C5CC5)c4)cn4ncc(C#N)c34)cn2)CC1. The van der Waals surface area contributed by atoms with E-state index < -0.39 is 0 Å². The highest BCUT2D eigenvalue weighted by molar-refractivity contribution is 5.87. The minimum Gasteiger partial charge on any atom is -0.353 e. The molecule has 0 N–H and O–H groups in total. The summed E-state index contributed by atoms with van der Waals surface area (Å²) in [5, 5.41) is 18.6. The fraction of sp³-hybridized carbons (Fsp3) is 0.320. The van der Waals surface area contributed by atoms with Crippen molar-refractivity contribution in [1.82, 2.24) is 29.3 Å². The molecule has 2 fully saturated rings. The molecule has 1 aliphatic heterocycles. The van der Waals surface area contributed by atoms with Gasteiger partial charge in [-0.25, -0.2) is 9.50 Å². The Bertz CT molecular complexity index is 1420. The molecule has 9 heteroatoms. The summed E-state index contributed by atoms with van der Waals surface area (Å²) in [6.07, 6.45) is 11.7. The summed E-state index contributed by atoms with van der Waals surface area (Å²) in [6, 6.07) is 8.92. The molecule has 4 aromatic rings. The van der Waals surface area contributed by atoms with Crippen LogP contribution in [0.2, 0.25) is 0 Å². The minimum absolute atomic E-state index is 0.114. The summed E-state index contributed by atoms with van der Waals surface area (Å²) in [5.41, 5.74) is 5.14. The number of rotatable bonds is 4. The molecule has 170 valence electrons. The number of piperazine rings is 1. The van der Waals surface area contributed by atoms with E-state index in [1.807, 2.05) is 40.3 Å². The van der Waals surface area contributed by atoms with Gasteiger partial charge >= 0.3 is 0 Å². The molecule has 0 aromatic carbocycles. The minimum atomic E-state index is 0.114. The Morgan fingerprint density at radius 1 is 1.00 bits per heavy atom. The topological polar surface area (TPSA) is 95.4 Å². The largest absolute Gasteiger partial charge is 0.353 e. The van der Waals surface area contributed by atoms with Crippen molar-refractivity contribution in [3.63, 3.8) is 0 Å². The van der Waals surface area contributed by atoms with Gasteiger partial charge in [-0.3, -0.25) is 9.48 Å². The lowest BCUT2D eigenvalue weighted by Crippen LogP contribution is -2.48. The molecule has 0 atom stereocenters. The second-order valence-corrected chi connectivity index (χ2v) is 8.94. The van der Waals surface area contributed by atoms with E-state index in [1.165, 1.54) is 12.8 Å². The van der Waals surface area contributed by atoms with E-state index in [4.69, 9.17) is 4.98 Å². The van der Waals surface area contributed by atoms with Crippen molar-refractivity contribution in [2.24, 2.45) is 0 Å². The molecule has 9 nitrogen and oxygen atoms in total. The van der Waals surface area contributed by atoms with Crippen LogP contribution in [0.5, 0.6) is 0 Å². The van der Waals surface area contributed by atoms with E-state index in [0.29, 0.717) is 24.7 Å². The number of hydrogen-bond donors (Lipinski definition) is 0. The Morgan fingerprint density at radius 3 is 2.50 bits per heavy atom. The average molecular weight is 453 g/mol. The van der Waals surface area contributed by atoms with Crippen LogP contribution in [-0.4, -0.2) is 61.4 Å². The van der Waals surface area contributed by atoms with Crippen LogP contribution < -0.4 is 4.90 Å². The van der Waals surface area contributed by atoms with Gasteiger partial charge in [0, 0.05) is 73.9 Å². The molecule has 6 rings (SSSR count). The quantitative estimate of drug-likeness (QED) is 0.472. The van der Waals surface area contributed by atoms with Crippen molar-refractivity contribution in [3.05, 3.63) is 54.7 Å². The van der Waals surface area contributed by atoms with Gasteiger partial charge in [0.1, 0.15) is 11.9 Å². The maximum absolute atomic E-state index is 11.6. The summed E-state index contributed by atoms with van der Waals surface area (Å²) in [6.45, 7) is 4.55. The van der Waals surface area contributed by atoms with Crippen LogP contribution in [0, 0.1) is 11.3 Å². The molecule has 1 saturated carbocycles. The van der Waals surface area contributed by atoms with Crippen LogP contribution in [0.1, 0.15) is 31.4 Å². The predicted octanol–water partition coefficient (Wildman–Crippen LogP) is 3.13. The zero-order valence-electron chi connectivity index (χ0n) is 18.9. The molecule has 0 unspecified atom stereocenters. The molecule has 4 aromatic heterocycles. The molecule has 1 saturated heterocycles. The van der Waals surface area contributed by atoms with Crippen LogP contribution in [0.25, 0.3) is 27.8 Å². The van der Waals surface area contributed by atoms with Crippen LogP contribution in [0.3, 0.4) is 0 Å². The molecule has 0 spiro atoms. The summed E-state index contributed by atoms with van der Waals surface area (Å²) in [5.74, 6) is 1.00. The first kappa shape index (κ1) is 20.4. The van der Waals surface area contributed by atoms with Crippen LogP contribution in [0.15, 0.2) is 49.2 Å². The smallest absolute Gasteiger partial charge is 0.219 e. The number of nitriles is 1. The number of aromatic nitrogens is 5. The van der Waals surface area contributed by atoms with Crippen molar-refractivity contribution >= 4 is 17.2 Å². The maximum atomic E-state index is 11.6. The standard InChI is InChI=1S/C25H24N8O/c1-17(34)30-6-8-31(9-7-30)24-5-2-18(12-27-24)23-10-19(15-33-25(23)20(11-26)13-29-33)21-14-28-32(16-21)22-3-4-22/h2,5,10,12-16,22H,3-4,6-9H2,1H3. The second-order valence-electron chi connectivity index (χ2n) is 8.94. The first-order valence-electron chi connectivity index (χ1n) is 11.5. The Kier molecular flexibility index (Phi) is 4.80. The highest BCUT2D eigenvalue weighted by Crippen LogP contribution is 2.36. The van der Waals surface area contributed by atoms with Crippen molar-refractivity contribution in [1.29, 1.82) is 5.26 Å². The Labute approximate surface area is 196 Å². The third-order valence-corrected chi connectivity index (χ3v) is 6.70. The first-order valence-corrected chi connectivity index (χ1v) is 11.5. The third-order valence-electron chi connectivity index (χ3n) is 6.70. The number of carbonyl (C=O) groups excluding carboxylic acids is 1. The number of carbonyl (C=O) groups is 1. The van der Waals surface area contributed by atoms with Crippen LogP contribution in [0.4, 0.5) is 5.82 Å². The van der Waals surface area contributed by atoms with Gasteiger partial charge in [-0.05, 0) is 31.0 Å². The fourth-order valence-electron chi connectivity index (χ4n) is 4.59. The zero-order valence-corrected chi connectivity index (χ0v) is 18.9. The second kappa shape index (κ2) is 7.99. The molecule has 5 heterocycles. The van der Waals surface area contributed by atoms with E-state index in [9.17, 15) is 10.1 Å². The molecular formula is C25H24N8O. The van der Waals surface area contributed by atoms with Gasteiger partial charge in [-0.1, -0.05) is 0 Å². The number of fused-ring (bicyclic) bond motifs is 1. The maximum Gasteiger partial charge on any atom is 0.219 e. The van der Waals surface area contributed by atoms with Crippen molar-refractivity contribution in [3.8, 4) is 28.3 Å². The number of anilines is 1. The van der Waals surface area contributed by atoms with E-state index in [1.54, 1.807) is 17.6 Å². The third kappa shape index (κ3) is 3.57. The van der Waals surface area contributed by atoms with E-state index in [-0.39, 0.29) is 5.91 Å². The average Bonchev–Trinajstić information content (AvgIpc) is 3.45. The molecule has 0 radical (unpaired) electrons. The Morgan fingerprint density at radius 2 is 1.82 bits per heavy atom. The zero-order chi connectivity index (χ0) is 23.2. The highest BCUT2D eigenvalue weighted by atomic mass is 16.2. The van der Waals surface area contributed by atoms with Gasteiger partial charge in [-0.2, -0.15) is 15.5 Å². The van der Waals surface area contributed by atoms with Gasteiger partial charge in [0.15, 0.2) is 0 Å². The lowest BCUT2D eigenvalue weighted by atomic mass is 10.0. The molecule has 1 amide bonds. The molecule has 34 heavy (non-hydrogen) atoms. The van der Waals surface area contributed by atoms with Crippen molar-refractivity contribution in [2.45, 2.75) is 25.8 Å². The molecular weight excluding hydrogens is 428 g/mol. The number of pyridine rings is 2. The summed E-state index contributed by atoms with van der Waals surface area (Å²) in [7, 11) is 0. The Balaban J connectivity index is 1.35. The fourth-order valence-corrected chi connectivity index (χ4v) is 4.59. The molecule has 2 aliphatic rings. The normalized spacial score (nSPS) is 16.1. The lowest BCUT2D eigenvalue weighted by molar-refractivity contribution is -0.129. The first-order chi connectivity index (χ1) is 16.6. The summed E-state index contributed by atoms with van der Waals surface area (Å²) in [4.78, 5) is 20.4. The van der Waals surface area contributed by atoms with Gasteiger partial charge in [0.2, 0.25) is 5.91 Å². The van der Waals surface area contributed by atoms with Crippen molar-refractivity contribution in [2.75, 3.05) is 31.1 Å². The van der Waals surface area contributed by atoms with Crippen LogP contribution >= 0.6 is 0 Å². The van der Waals surface area contributed by atoms with Gasteiger partial charge in [-0.15, -0.1) is 0 Å². The van der Waals surface area contributed by atoms with Gasteiger partial charge < -0.3 is 9.80 Å². The monoisotopic (exact) mass is 452 g/mol. The van der Waals surface area contributed by atoms with E-state index in [0.717, 1.165) is 46.7 Å². The summed E-state index contributed by atoms with van der Waals surface area (Å²) < 4.78 is 3.80. The molecule has 1 aliphatic carbocycles. The Hall–Kier alpha value is -4.19. The van der Waals surface area contributed by atoms with Crippen LogP contribution in [-0.2, 0) is 4.79 Å². The number of amides is 1. The predicted molar refractivity (Wildman–Crippen MR) is 127 cm³/mol. The lowest BCUT2D eigenvalue weighted by Gasteiger charge is -2.34. The number of nitrogens with zero attached hydrogens (tertiary/aromatic N) is 8. The number of hydrogen-bond acceptors (Lipinski definition) is 6. The molecule has 0 bridgehead atoms. The van der Waals surface area contributed by atoms with E-state index >= 15 is 0 Å². The van der Waals surface area contributed by atoms with Gasteiger partial charge in [0.05, 0.1) is 29.5 Å². The van der Waals surface area contributed by atoms with E-state index in [2.05, 4.69) is 33.4 Å². The van der Waals surface area contributed by atoms with Gasteiger partial charge in [0.25, 0.3) is 0 Å². The summed E-state index contributed by atoms with van der Waals surface area (Å²) >= 11 is 0. The van der Waals surface area contributed by atoms with Crippen molar-refractivity contribution < 1.29 is 4.79 Å².